The summed E-state index contributed by atoms with van der Waals surface area (Å²) in [6, 6.07) is 0. The minimum atomic E-state index is -1.12. The van der Waals surface area contributed by atoms with Crippen molar-refractivity contribution < 1.29 is 19.8 Å². The van der Waals surface area contributed by atoms with Crippen LogP contribution in [0.2, 0.25) is 0 Å². The smallest absolute Gasteiger partial charge is 0.167 e. The van der Waals surface area contributed by atoms with Gasteiger partial charge in [-0.15, -0.1) is 0 Å². The third-order valence-corrected chi connectivity index (χ3v) is 4.41. The second kappa shape index (κ2) is 7.56. The highest BCUT2D eigenvalue weighted by Gasteiger charge is 2.44. The van der Waals surface area contributed by atoms with Crippen LogP contribution in [-0.4, -0.2) is 79.2 Å². The van der Waals surface area contributed by atoms with E-state index in [-0.39, 0.29) is 5.82 Å². The van der Waals surface area contributed by atoms with Gasteiger partial charge in [0.15, 0.2) is 17.7 Å². The van der Waals surface area contributed by atoms with E-state index >= 15 is 0 Å². The molecule has 2 aromatic heterocycles. The Morgan fingerprint density at radius 2 is 2.12 bits per heavy atom. The van der Waals surface area contributed by atoms with Gasteiger partial charge in [-0.25, -0.2) is 20.8 Å². The number of fused-ring (bicyclic) bond motifs is 1. The van der Waals surface area contributed by atoms with Gasteiger partial charge in [0, 0.05) is 13.1 Å². The highest BCUT2D eigenvalue weighted by molar-refractivity contribution is 5.81. The molecule has 1 fully saturated rings. The van der Waals surface area contributed by atoms with E-state index < -0.39 is 24.5 Å². The Morgan fingerprint density at radius 1 is 1.32 bits per heavy atom. The lowest BCUT2D eigenvalue weighted by molar-refractivity contribution is -0.0455. The number of rotatable bonds is 7. The minimum absolute atomic E-state index is 0.243. The van der Waals surface area contributed by atoms with E-state index in [1.54, 1.807) is 4.57 Å². The summed E-state index contributed by atoms with van der Waals surface area (Å²) in [5, 5.41) is 20.8. The molecule has 0 radical (unpaired) electrons. The Morgan fingerprint density at radius 3 is 2.84 bits per heavy atom. The maximum atomic E-state index is 10.4. The molecular formula is C14H23N7O4. The summed E-state index contributed by atoms with van der Waals surface area (Å²) in [5.41, 5.74) is 6.64. The lowest BCUT2D eigenvalue weighted by atomic mass is 10.1. The topological polar surface area (TPSA) is 158 Å². The Bertz CT molecular complexity index is 712. The second-order valence-electron chi connectivity index (χ2n) is 5.89. The average Bonchev–Trinajstić information content (AvgIpc) is 3.15. The van der Waals surface area contributed by atoms with Crippen molar-refractivity contribution in [1.29, 1.82) is 0 Å². The van der Waals surface area contributed by atoms with Gasteiger partial charge >= 0.3 is 0 Å². The number of imidazole rings is 1. The van der Waals surface area contributed by atoms with Crippen molar-refractivity contribution in [1.82, 2.24) is 24.4 Å². The van der Waals surface area contributed by atoms with Crippen molar-refractivity contribution in [3.63, 3.8) is 0 Å². The molecule has 0 aromatic carbocycles. The first kappa shape index (κ1) is 17.9. The zero-order chi connectivity index (χ0) is 18.0. The molecule has 0 amide bonds. The highest BCUT2D eigenvalue weighted by atomic mass is 16.6. The average molecular weight is 353 g/mol. The first-order valence-corrected chi connectivity index (χ1v) is 8.05. The van der Waals surface area contributed by atoms with Crippen LogP contribution in [0.1, 0.15) is 13.2 Å². The number of likely N-dealkylation sites (N-methyl/N-ethyl adjacent to an activating group) is 1. The number of nitrogens with two attached hydrogens (primary N) is 2. The molecule has 3 heterocycles. The lowest BCUT2D eigenvalue weighted by Crippen LogP contribution is -2.41. The standard InChI is InChI=1S/C14H23N7O4/c1-2-20(3-4-24-16)5-8-10(22)11(23)14(25-8)21-7-19-9-12(15)17-6-18-13(9)21/h6-8,10-11,14,22-23H,2-5,16H2,1H3,(H2,15,17,18)/t8-,10-,11-,14-/m1/s1. The summed E-state index contributed by atoms with van der Waals surface area (Å²) in [6.07, 6.45) is -0.773. The van der Waals surface area contributed by atoms with E-state index in [1.807, 2.05) is 11.8 Å². The fraction of sp³-hybridized carbons (Fsp3) is 0.643. The Balaban J connectivity index is 1.78. The molecular weight excluding hydrogens is 330 g/mol. The Labute approximate surface area is 144 Å². The molecule has 0 saturated carbocycles. The van der Waals surface area contributed by atoms with E-state index in [1.165, 1.54) is 12.7 Å². The minimum Gasteiger partial charge on any atom is -0.387 e. The predicted octanol–water partition coefficient (Wildman–Crippen LogP) is -1.76. The molecule has 0 aliphatic carbocycles. The number of hydrogen-bond donors (Lipinski definition) is 4. The fourth-order valence-electron chi connectivity index (χ4n) is 2.98. The highest BCUT2D eigenvalue weighted by Crippen LogP contribution is 2.32. The number of aliphatic hydroxyl groups excluding tert-OH is 2. The predicted molar refractivity (Wildman–Crippen MR) is 87.9 cm³/mol. The van der Waals surface area contributed by atoms with Gasteiger partial charge in [0.1, 0.15) is 30.2 Å². The number of ether oxygens (including phenoxy) is 1. The van der Waals surface area contributed by atoms with Gasteiger partial charge in [-0.1, -0.05) is 6.92 Å². The van der Waals surface area contributed by atoms with Crippen molar-refractivity contribution >= 4 is 17.0 Å². The summed E-state index contributed by atoms with van der Waals surface area (Å²) in [7, 11) is 0. The summed E-state index contributed by atoms with van der Waals surface area (Å²) >= 11 is 0. The lowest BCUT2D eigenvalue weighted by Gasteiger charge is -2.24. The molecule has 3 rings (SSSR count). The van der Waals surface area contributed by atoms with Gasteiger partial charge in [-0.05, 0) is 6.54 Å². The Kier molecular flexibility index (Phi) is 5.42. The molecule has 2 aromatic rings. The second-order valence-corrected chi connectivity index (χ2v) is 5.89. The van der Waals surface area contributed by atoms with Gasteiger partial charge in [0.05, 0.1) is 12.9 Å². The summed E-state index contributed by atoms with van der Waals surface area (Å²) < 4.78 is 7.45. The molecule has 0 spiro atoms. The van der Waals surface area contributed by atoms with Gasteiger partial charge < -0.3 is 25.5 Å². The van der Waals surface area contributed by atoms with E-state index in [2.05, 4.69) is 19.8 Å². The number of aromatic nitrogens is 4. The van der Waals surface area contributed by atoms with E-state index in [4.69, 9.17) is 16.4 Å². The van der Waals surface area contributed by atoms with Crippen LogP contribution in [0, 0.1) is 0 Å². The number of nitrogen functional groups attached to an aromatic ring is 1. The maximum Gasteiger partial charge on any atom is 0.167 e. The SMILES string of the molecule is CCN(CCON)C[C@H]1O[C@@H](n2cnc3c(N)ncnc32)[C@H](O)[C@@H]1O. The molecule has 0 unspecified atom stereocenters. The van der Waals surface area contributed by atoms with Crippen LogP contribution < -0.4 is 11.6 Å². The maximum absolute atomic E-state index is 10.4. The van der Waals surface area contributed by atoms with Crippen LogP contribution in [0.5, 0.6) is 0 Å². The summed E-state index contributed by atoms with van der Waals surface area (Å²) in [6.45, 7) is 4.10. The molecule has 11 heteroatoms. The number of nitrogens with zero attached hydrogens (tertiary/aromatic N) is 5. The van der Waals surface area contributed by atoms with Crippen LogP contribution >= 0.6 is 0 Å². The van der Waals surface area contributed by atoms with Crippen LogP contribution in [0.25, 0.3) is 11.2 Å². The molecule has 1 saturated heterocycles. The first-order chi connectivity index (χ1) is 12.1. The van der Waals surface area contributed by atoms with Gasteiger partial charge in [0.2, 0.25) is 0 Å². The van der Waals surface area contributed by atoms with Crippen molar-refractivity contribution in [2.24, 2.45) is 5.90 Å². The zero-order valence-electron chi connectivity index (χ0n) is 13.9. The Hall–Kier alpha value is -1.89. The molecule has 11 nitrogen and oxygen atoms in total. The van der Waals surface area contributed by atoms with Crippen LogP contribution in [0.4, 0.5) is 5.82 Å². The van der Waals surface area contributed by atoms with Crippen molar-refractivity contribution in [2.75, 3.05) is 32.0 Å². The van der Waals surface area contributed by atoms with E-state index in [9.17, 15) is 10.2 Å². The molecule has 25 heavy (non-hydrogen) atoms. The van der Waals surface area contributed by atoms with Crippen molar-refractivity contribution in [3.05, 3.63) is 12.7 Å². The van der Waals surface area contributed by atoms with Crippen LogP contribution in [0.3, 0.4) is 0 Å². The zero-order valence-corrected chi connectivity index (χ0v) is 13.9. The largest absolute Gasteiger partial charge is 0.387 e. The van der Waals surface area contributed by atoms with Crippen LogP contribution in [0.15, 0.2) is 12.7 Å². The third kappa shape index (κ3) is 3.42. The fourth-order valence-corrected chi connectivity index (χ4v) is 2.98. The third-order valence-electron chi connectivity index (χ3n) is 4.41. The molecule has 1 aliphatic rings. The van der Waals surface area contributed by atoms with Gasteiger partial charge in [0.25, 0.3) is 0 Å². The normalized spacial score (nSPS) is 26.8. The van der Waals surface area contributed by atoms with E-state index in [0.29, 0.717) is 30.9 Å². The van der Waals surface area contributed by atoms with E-state index in [0.717, 1.165) is 6.54 Å². The van der Waals surface area contributed by atoms with Gasteiger partial charge in [-0.2, -0.15) is 0 Å². The molecule has 1 aliphatic heterocycles. The number of anilines is 1. The number of hydrogen-bond acceptors (Lipinski definition) is 10. The first-order valence-electron chi connectivity index (χ1n) is 8.05. The van der Waals surface area contributed by atoms with Crippen molar-refractivity contribution in [3.8, 4) is 0 Å². The molecule has 138 valence electrons. The quantitative estimate of drug-likeness (QED) is 0.420. The molecule has 4 atom stereocenters. The number of aliphatic hydroxyl groups is 2. The van der Waals surface area contributed by atoms with Crippen molar-refractivity contribution in [2.45, 2.75) is 31.5 Å². The monoisotopic (exact) mass is 353 g/mol. The van der Waals surface area contributed by atoms with Gasteiger partial charge in [-0.3, -0.25) is 9.47 Å². The summed E-state index contributed by atoms with van der Waals surface area (Å²) in [5.74, 6) is 5.30. The van der Waals surface area contributed by atoms with Crippen LogP contribution in [-0.2, 0) is 9.57 Å². The molecule has 6 N–H and O–H groups in total. The summed E-state index contributed by atoms with van der Waals surface area (Å²) in [4.78, 5) is 18.8. The molecule has 0 bridgehead atoms.